The third-order valence-corrected chi connectivity index (χ3v) is 3.49. The summed E-state index contributed by atoms with van der Waals surface area (Å²) in [5.41, 5.74) is 6.87. The number of thiazole rings is 1. The van der Waals surface area contributed by atoms with Gasteiger partial charge in [0.15, 0.2) is 0 Å². The lowest BCUT2D eigenvalue weighted by Gasteiger charge is -2.16. The quantitative estimate of drug-likeness (QED) is 0.883. The molecule has 0 aliphatic heterocycles. The van der Waals surface area contributed by atoms with E-state index in [0.29, 0.717) is 12.1 Å². The Labute approximate surface area is 120 Å². The van der Waals surface area contributed by atoms with Gasteiger partial charge in [-0.1, -0.05) is 11.6 Å². The predicted molar refractivity (Wildman–Crippen MR) is 76.3 cm³/mol. The van der Waals surface area contributed by atoms with Gasteiger partial charge in [0.05, 0.1) is 17.2 Å². The van der Waals surface area contributed by atoms with Crippen molar-refractivity contribution in [2.24, 2.45) is 0 Å². The second-order valence-corrected chi connectivity index (χ2v) is 5.57. The van der Waals surface area contributed by atoms with E-state index in [-0.39, 0.29) is 16.9 Å². The lowest BCUT2D eigenvalue weighted by molar-refractivity contribution is 0.0783. The molecule has 2 N–H and O–H groups in total. The largest absolute Gasteiger partial charge is 0.384 e. The molecule has 0 aliphatic carbocycles. The Balaban J connectivity index is 2.14. The number of nitrogen functional groups attached to an aromatic ring is 1. The number of anilines is 1. The van der Waals surface area contributed by atoms with Crippen LogP contribution in [0.25, 0.3) is 0 Å². The molecule has 0 unspecified atom stereocenters. The molecule has 2 heterocycles. The van der Waals surface area contributed by atoms with Crippen molar-refractivity contribution >= 4 is 34.7 Å². The Morgan fingerprint density at radius 1 is 1.47 bits per heavy atom. The van der Waals surface area contributed by atoms with E-state index in [9.17, 15) is 4.79 Å². The van der Waals surface area contributed by atoms with E-state index >= 15 is 0 Å². The lowest BCUT2D eigenvalue weighted by atomic mass is 10.2. The number of hydrogen-bond donors (Lipinski definition) is 1. The van der Waals surface area contributed by atoms with Crippen LogP contribution in [0.5, 0.6) is 0 Å². The van der Waals surface area contributed by atoms with E-state index in [1.165, 1.54) is 12.1 Å². The molecule has 2 aromatic heterocycles. The number of carbonyl (C=O) groups excluding carboxylic acids is 1. The van der Waals surface area contributed by atoms with Gasteiger partial charge in [-0.05, 0) is 19.1 Å². The fourth-order valence-corrected chi connectivity index (χ4v) is 2.48. The minimum atomic E-state index is -0.165. The van der Waals surface area contributed by atoms with Crippen LogP contribution < -0.4 is 5.73 Å². The SMILES string of the molecule is Cc1nc(CN(C)C(=O)c2cc(N)nc(Cl)c2)cs1. The maximum absolute atomic E-state index is 12.2. The Kier molecular flexibility index (Phi) is 4.01. The number of aromatic nitrogens is 2. The molecule has 0 radical (unpaired) electrons. The van der Waals surface area contributed by atoms with Gasteiger partial charge in [-0.3, -0.25) is 4.79 Å². The van der Waals surface area contributed by atoms with Gasteiger partial charge in [0.25, 0.3) is 5.91 Å². The molecular weight excluding hydrogens is 284 g/mol. The molecule has 0 saturated carbocycles. The molecular formula is C12H13ClN4OS. The van der Waals surface area contributed by atoms with Crippen molar-refractivity contribution in [1.29, 1.82) is 0 Å². The summed E-state index contributed by atoms with van der Waals surface area (Å²) in [6, 6.07) is 3.01. The maximum atomic E-state index is 12.2. The first-order valence-corrected chi connectivity index (χ1v) is 6.81. The number of amides is 1. The van der Waals surface area contributed by atoms with Gasteiger partial charge in [-0.2, -0.15) is 0 Å². The van der Waals surface area contributed by atoms with Gasteiger partial charge in [-0.15, -0.1) is 11.3 Å². The normalized spacial score (nSPS) is 10.5. The summed E-state index contributed by atoms with van der Waals surface area (Å²) in [4.78, 5) is 21.9. The van der Waals surface area contributed by atoms with Crippen LogP contribution in [0.4, 0.5) is 5.82 Å². The van der Waals surface area contributed by atoms with E-state index < -0.39 is 0 Å². The van der Waals surface area contributed by atoms with Gasteiger partial charge in [0, 0.05) is 18.0 Å². The van der Waals surface area contributed by atoms with Crippen molar-refractivity contribution in [3.05, 3.63) is 38.9 Å². The van der Waals surface area contributed by atoms with Gasteiger partial charge >= 0.3 is 0 Å². The molecule has 0 atom stereocenters. The standard InChI is InChI=1S/C12H13ClN4OS/c1-7-15-9(6-19-7)5-17(2)12(18)8-3-10(13)16-11(14)4-8/h3-4,6H,5H2,1-2H3,(H2,14,16). The van der Waals surface area contributed by atoms with Crippen LogP contribution in [0.2, 0.25) is 5.15 Å². The average Bonchev–Trinajstić information content (AvgIpc) is 2.72. The summed E-state index contributed by atoms with van der Waals surface area (Å²) in [5, 5.41) is 3.13. The van der Waals surface area contributed by atoms with Crippen LogP contribution in [0, 0.1) is 6.92 Å². The molecule has 0 fully saturated rings. The monoisotopic (exact) mass is 296 g/mol. The van der Waals surface area contributed by atoms with Crippen molar-refractivity contribution in [3.63, 3.8) is 0 Å². The Morgan fingerprint density at radius 3 is 2.79 bits per heavy atom. The second kappa shape index (κ2) is 5.54. The molecule has 0 bridgehead atoms. The van der Waals surface area contributed by atoms with Crippen LogP contribution in [0.1, 0.15) is 21.1 Å². The zero-order valence-corrected chi connectivity index (χ0v) is 12.1. The number of rotatable bonds is 3. The molecule has 0 saturated heterocycles. The molecule has 0 aliphatic rings. The molecule has 0 spiro atoms. The topological polar surface area (TPSA) is 72.1 Å². The first kappa shape index (κ1) is 13.8. The number of aryl methyl sites for hydroxylation is 1. The Hall–Kier alpha value is -1.66. The van der Waals surface area contributed by atoms with E-state index in [4.69, 9.17) is 17.3 Å². The van der Waals surface area contributed by atoms with Crippen LogP contribution >= 0.6 is 22.9 Å². The third kappa shape index (κ3) is 3.42. The van der Waals surface area contributed by atoms with Crippen molar-refractivity contribution < 1.29 is 4.79 Å². The summed E-state index contributed by atoms with van der Waals surface area (Å²) in [5.74, 6) is 0.0652. The van der Waals surface area contributed by atoms with Gasteiger partial charge in [0.1, 0.15) is 11.0 Å². The zero-order valence-electron chi connectivity index (χ0n) is 10.6. The van der Waals surface area contributed by atoms with Crippen molar-refractivity contribution in [2.45, 2.75) is 13.5 Å². The highest BCUT2D eigenvalue weighted by Crippen LogP contribution is 2.15. The highest BCUT2D eigenvalue weighted by Gasteiger charge is 2.14. The van der Waals surface area contributed by atoms with Crippen LogP contribution in [-0.2, 0) is 6.54 Å². The highest BCUT2D eigenvalue weighted by atomic mass is 35.5. The second-order valence-electron chi connectivity index (χ2n) is 4.12. The summed E-state index contributed by atoms with van der Waals surface area (Å²) in [7, 11) is 1.71. The molecule has 100 valence electrons. The molecule has 2 rings (SSSR count). The minimum absolute atomic E-state index is 0.165. The van der Waals surface area contributed by atoms with Gasteiger partial charge < -0.3 is 10.6 Å². The summed E-state index contributed by atoms with van der Waals surface area (Å²) in [6.45, 7) is 2.38. The number of halogens is 1. The van der Waals surface area contributed by atoms with Crippen LogP contribution in [-0.4, -0.2) is 27.8 Å². The number of hydrogen-bond acceptors (Lipinski definition) is 5. The number of carbonyl (C=O) groups is 1. The molecule has 19 heavy (non-hydrogen) atoms. The lowest BCUT2D eigenvalue weighted by Crippen LogP contribution is -2.26. The highest BCUT2D eigenvalue weighted by molar-refractivity contribution is 7.09. The summed E-state index contributed by atoms with van der Waals surface area (Å²) in [6.07, 6.45) is 0. The molecule has 7 heteroatoms. The predicted octanol–water partition coefficient (Wildman–Crippen LogP) is 2.35. The first-order chi connectivity index (χ1) is 8.95. The van der Waals surface area contributed by atoms with Gasteiger partial charge in [0.2, 0.25) is 0 Å². The number of nitrogens with two attached hydrogens (primary N) is 1. The number of nitrogens with zero attached hydrogens (tertiary/aromatic N) is 3. The van der Waals surface area contributed by atoms with Crippen molar-refractivity contribution in [1.82, 2.24) is 14.9 Å². The molecule has 0 aromatic carbocycles. The third-order valence-electron chi connectivity index (χ3n) is 2.47. The van der Waals surface area contributed by atoms with Gasteiger partial charge in [-0.25, -0.2) is 9.97 Å². The number of pyridine rings is 1. The molecule has 5 nitrogen and oxygen atoms in total. The van der Waals surface area contributed by atoms with E-state index in [0.717, 1.165) is 10.7 Å². The minimum Gasteiger partial charge on any atom is -0.384 e. The van der Waals surface area contributed by atoms with Crippen LogP contribution in [0.15, 0.2) is 17.5 Å². The van der Waals surface area contributed by atoms with Crippen molar-refractivity contribution in [3.8, 4) is 0 Å². The van der Waals surface area contributed by atoms with Crippen LogP contribution in [0.3, 0.4) is 0 Å². The van der Waals surface area contributed by atoms with E-state index in [1.54, 1.807) is 23.3 Å². The Bertz CT molecular complexity index is 593. The summed E-state index contributed by atoms with van der Waals surface area (Å²) >= 11 is 7.35. The smallest absolute Gasteiger partial charge is 0.254 e. The van der Waals surface area contributed by atoms with E-state index in [1.807, 2.05) is 12.3 Å². The fourth-order valence-electron chi connectivity index (χ4n) is 1.66. The maximum Gasteiger partial charge on any atom is 0.254 e. The average molecular weight is 297 g/mol. The van der Waals surface area contributed by atoms with E-state index in [2.05, 4.69) is 9.97 Å². The molecule has 2 aromatic rings. The Morgan fingerprint density at radius 2 is 2.21 bits per heavy atom. The summed E-state index contributed by atoms with van der Waals surface area (Å²) < 4.78 is 0. The molecule has 1 amide bonds. The first-order valence-electron chi connectivity index (χ1n) is 5.55. The van der Waals surface area contributed by atoms with Crippen molar-refractivity contribution in [2.75, 3.05) is 12.8 Å². The zero-order chi connectivity index (χ0) is 14.0. The fraction of sp³-hybridized carbons (Fsp3) is 0.250.